The molecule has 0 bridgehead atoms. The first kappa shape index (κ1) is 26.0. The van der Waals surface area contributed by atoms with E-state index < -0.39 is 21.8 Å². The van der Waals surface area contributed by atoms with E-state index in [9.17, 15) is 18.0 Å². The van der Waals surface area contributed by atoms with Crippen LogP contribution in [-0.4, -0.2) is 31.2 Å². The molecule has 0 radical (unpaired) electrons. The van der Waals surface area contributed by atoms with Gasteiger partial charge in [-0.25, -0.2) is 8.42 Å². The molecule has 6 nitrogen and oxygen atoms in total. The summed E-state index contributed by atoms with van der Waals surface area (Å²) >= 11 is 12.4. The summed E-state index contributed by atoms with van der Waals surface area (Å²) in [6.45, 7) is -0.128. The number of amides is 2. The molecule has 5 rings (SSSR count). The van der Waals surface area contributed by atoms with Gasteiger partial charge >= 0.3 is 0 Å². The van der Waals surface area contributed by atoms with Gasteiger partial charge in [-0.05, 0) is 53.6 Å². The molecule has 0 fully saturated rings. The summed E-state index contributed by atoms with van der Waals surface area (Å²) in [4.78, 5) is 29.0. The Morgan fingerprint density at radius 3 is 2.21 bits per heavy atom. The second kappa shape index (κ2) is 10.6. The predicted molar refractivity (Wildman–Crippen MR) is 147 cm³/mol. The highest BCUT2D eigenvalue weighted by atomic mass is 35.5. The van der Waals surface area contributed by atoms with Crippen molar-refractivity contribution >= 4 is 50.5 Å². The fourth-order valence-electron chi connectivity index (χ4n) is 4.53. The zero-order valence-corrected chi connectivity index (χ0v) is 22.3. The van der Waals surface area contributed by atoms with E-state index in [0.29, 0.717) is 16.3 Å². The van der Waals surface area contributed by atoms with E-state index in [2.05, 4.69) is 5.32 Å². The van der Waals surface area contributed by atoms with E-state index in [0.717, 1.165) is 5.56 Å². The van der Waals surface area contributed by atoms with Crippen LogP contribution in [0.25, 0.3) is 0 Å². The molecule has 1 atom stereocenters. The normalized spacial score (nSPS) is 15.5. The number of anilines is 1. The third-order valence-electron chi connectivity index (χ3n) is 6.42. The molecule has 0 unspecified atom stereocenters. The summed E-state index contributed by atoms with van der Waals surface area (Å²) in [6, 6.07) is 25.6. The minimum absolute atomic E-state index is 0.0395. The first-order valence-electron chi connectivity index (χ1n) is 11.8. The number of halogens is 2. The van der Waals surface area contributed by atoms with Gasteiger partial charge in [-0.2, -0.15) is 0 Å². The fraction of sp³-hybridized carbons (Fsp3) is 0.103. The zero-order chi connectivity index (χ0) is 26.9. The summed E-state index contributed by atoms with van der Waals surface area (Å²) < 4.78 is 27.2. The van der Waals surface area contributed by atoms with Crippen molar-refractivity contribution < 1.29 is 18.0 Å². The van der Waals surface area contributed by atoms with Crippen molar-refractivity contribution in [1.29, 1.82) is 0 Å². The summed E-state index contributed by atoms with van der Waals surface area (Å²) in [5.74, 6) is -0.857. The summed E-state index contributed by atoms with van der Waals surface area (Å²) in [6.07, 6.45) is 0.232. The largest absolute Gasteiger partial charge is 0.323 e. The van der Waals surface area contributed by atoms with Crippen molar-refractivity contribution in [3.8, 4) is 0 Å². The topological polar surface area (TPSA) is 83.6 Å². The van der Waals surface area contributed by atoms with Crippen molar-refractivity contribution in [3.63, 3.8) is 0 Å². The second-order valence-electron chi connectivity index (χ2n) is 8.86. The third kappa shape index (κ3) is 5.05. The molecule has 1 N–H and O–H groups in total. The molecule has 0 saturated heterocycles. The molecular weight excluding hydrogens is 543 g/mol. The Kier molecular flexibility index (Phi) is 7.25. The van der Waals surface area contributed by atoms with E-state index in [-0.39, 0.29) is 39.2 Å². The van der Waals surface area contributed by atoms with Gasteiger partial charge in [-0.1, -0.05) is 77.8 Å². The van der Waals surface area contributed by atoms with Crippen molar-refractivity contribution in [1.82, 2.24) is 4.90 Å². The summed E-state index contributed by atoms with van der Waals surface area (Å²) in [7, 11) is -3.95. The number of carbonyl (C=O) groups is 2. The number of nitrogens with zero attached hydrogens (tertiary/aromatic N) is 1. The Bertz CT molecular complexity index is 1620. The number of sulfone groups is 1. The average molecular weight is 565 g/mol. The van der Waals surface area contributed by atoms with E-state index in [4.69, 9.17) is 23.2 Å². The first-order chi connectivity index (χ1) is 18.3. The van der Waals surface area contributed by atoms with E-state index in [1.54, 1.807) is 36.4 Å². The van der Waals surface area contributed by atoms with E-state index in [1.165, 1.54) is 35.2 Å². The molecule has 1 heterocycles. The van der Waals surface area contributed by atoms with Gasteiger partial charge in [0.15, 0.2) is 0 Å². The highest BCUT2D eigenvalue weighted by Crippen LogP contribution is 2.33. The molecule has 2 amide bonds. The van der Waals surface area contributed by atoms with Gasteiger partial charge in [-0.3, -0.25) is 9.59 Å². The van der Waals surface area contributed by atoms with Crippen molar-refractivity contribution in [3.05, 3.63) is 124 Å². The maximum atomic E-state index is 14.0. The number of nitrogens with one attached hydrogen (secondary N) is 1. The molecule has 1 aliphatic rings. The lowest BCUT2D eigenvalue weighted by Crippen LogP contribution is -2.46. The third-order valence-corrected chi connectivity index (χ3v) is 8.86. The van der Waals surface area contributed by atoms with Gasteiger partial charge in [0, 0.05) is 18.0 Å². The second-order valence-corrected chi connectivity index (χ2v) is 11.6. The lowest BCUT2D eigenvalue weighted by atomic mass is 10.0. The van der Waals surface area contributed by atoms with Crippen LogP contribution in [0.15, 0.2) is 107 Å². The van der Waals surface area contributed by atoms with Gasteiger partial charge < -0.3 is 10.2 Å². The number of carbonyl (C=O) groups excluding carboxylic acids is 2. The van der Waals surface area contributed by atoms with Crippen LogP contribution in [-0.2, 0) is 27.6 Å². The Hall–Kier alpha value is -3.65. The maximum absolute atomic E-state index is 14.0. The lowest BCUT2D eigenvalue weighted by Gasteiger charge is -2.30. The summed E-state index contributed by atoms with van der Waals surface area (Å²) in [5.41, 5.74) is 1.70. The molecule has 9 heteroatoms. The molecular formula is C29H22Cl2N2O4S. The van der Waals surface area contributed by atoms with Gasteiger partial charge in [0.1, 0.15) is 6.04 Å². The van der Waals surface area contributed by atoms with Crippen LogP contribution in [0.1, 0.15) is 21.5 Å². The summed E-state index contributed by atoms with van der Waals surface area (Å²) in [5, 5.41) is 3.45. The molecule has 0 aromatic heterocycles. The standard InChI is InChI=1S/C29H22Cl2N2O4S/c30-21-13-15-22(16-14-21)38(36,37)26-12-5-4-9-20(26)18-33-25(17-19-7-2-1-3-8-19)28(34)32-24-11-6-10-23(31)27(24)29(33)35/h1-16,25H,17-18H2,(H,32,34)/t25-/m1/s1. The SMILES string of the molecule is O=C1Nc2cccc(Cl)c2C(=O)N(Cc2ccccc2S(=O)(=O)c2ccc(Cl)cc2)[C@@H]1Cc1ccccc1. The van der Waals surface area contributed by atoms with E-state index in [1.807, 2.05) is 30.3 Å². The minimum Gasteiger partial charge on any atom is -0.323 e. The number of hydrogen-bond donors (Lipinski definition) is 1. The van der Waals surface area contributed by atoms with Crippen LogP contribution in [0.5, 0.6) is 0 Å². The Balaban J connectivity index is 1.61. The quantitative estimate of drug-likeness (QED) is 0.310. The number of fused-ring (bicyclic) bond motifs is 1. The predicted octanol–water partition coefficient (Wildman–Crippen LogP) is 6.03. The average Bonchev–Trinajstić information content (AvgIpc) is 3.00. The highest BCUT2D eigenvalue weighted by Gasteiger charge is 2.37. The van der Waals surface area contributed by atoms with Crippen LogP contribution < -0.4 is 5.32 Å². The van der Waals surface area contributed by atoms with Gasteiger partial charge in [-0.15, -0.1) is 0 Å². The Labute approximate surface area is 230 Å². The maximum Gasteiger partial charge on any atom is 0.258 e. The fourth-order valence-corrected chi connectivity index (χ4v) is 6.40. The van der Waals surface area contributed by atoms with Gasteiger partial charge in [0.05, 0.1) is 26.1 Å². The lowest BCUT2D eigenvalue weighted by molar-refractivity contribution is -0.120. The molecule has 0 spiro atoms. The van der Waals surface area contributed by atoms with Crippen molar-refractivity contribution in [2.45, 2.75) is 28.8 Å². The van der Waals surface area contributed by atoms with Crippen LogP contribution >= 0.6 is 23.2 Å². The number of rotatable bonds is 6. The van der Waals surface area contributed by atoms with Crippen molar-refractivity contribution in [2.24, 2.45) is 0 Å². The van der Waals surface area contributed by atoms with Crippen LogP contribution in [0.2, 0.25) is 10.0 Å². The molecule has 0 aliphatic carbocycles. The first-order valence-corrected chi connectivity index (χ1v) is 14.0. The minimum atomic E-state index is -3.95. The highest BCUT2D eigenvalue weighted by molar-refractivity contribution is 7.91. The van der Waals surface area contributed by atoms with E-state index >= 15 is 0 Å². The molecule has 192 valence electrons. The molecule has 4 aromatic carbocycles. The molecule has 38 heavy (non-hydrogen) atoms. The van der Waals surface area contributed by atoms with Crippen LogP contribution in [0.4, 0.5) is 5.69 Å². The number of hydrogen-bond acceptors (Lipinski definition) is 4. The van der Waals surface area contributed by atoms with Crippen LogP contribution in [0, 0.1) is 0 Å². The van der Waals surface area contributed by atoms with Crippen molar-refractivity contribution in [2.75, 3.05) is 5.32 Å². The molecule has 4 aromatic rings. The Morgan fingerprint density at radius 2 is 1.47 bits per heavy atom. The molecule has 1 aliphatic heterocycles. The molecule has 0 saturated carbocycles. The number of benzene rings is 4. The van der Waals surface area contributed by atoms with Gasteiger partial charge in [0.25, 0.3) is 5.91 Å². The smallest absolute Gasteiger partial charge is 0.258 e. The monoisotopic (exact) mass is 564 g/mol. The Morgan fingerprint density at radius 1 is 0.789 bits per heavy atom. The van der Waals surface area contributed by atoms with Gasteiger partial charge in [0.2, 0.25) is 15.7 Å². The van der Waals surface area contributed by atoms with Crippen LogP contribution in [0.3, 0.4) is 0 Å². The zero-order valence-electron chi connectivity index (χ0n) is 20.0.